The van der Waals surface area contributed by atoms with Gasteiger partial charge in [0.1, 0.15) is 16.5 Å². The number of amides is 1. The summed E-state index contributed by atoms with van der Waals surface area (Å²) < 4.78 is 0. The van der Waals surface area contributed by atoms with E-state index < -0.39 is 0 Å². The van der Waals surface area contributed by atoms with Crippen molar-refractivity contribution in [2.75, 3.05) is 7.05 Å². The molecule has 0 radical (unpaired) electrons. The second-order valence-electron chi connectivity index (χ2n) is 4.21. The average molecular weight is 304 g/mol. The van der Waals surface area contributed by atoms with Crippen molar-refractivity contribution in [3.63, 3.8) is 0 Å². The van der Waals surface area contributed by atoms with Gasteiger partial charge in [-0.25, -0.2) is 9.97 Å². The Morgan fingerprint density at radius 3 is 3.05 bits per heavy atom. The molecule has 0 aliphatic rings. The summed E-state index contributed by atoms with van der Waals surface area (Å²) in [5, 5.41) is 4.69. The zero-order valence-corrected chi connectivity index (χ0v) is 12.4. The standard InChI is InChI=1S/C13H12N4OS2/c1-17(7-11-14-4-5-15-11)13(18)9-8-20-12(16-9)10-3-2-6-19-10/h2-6,8H,7H2,1H3,(H,14,15). The first kappa shape index (κ1) is 13.0. The first-order chi connectivity index (χ1) is 9.74. The van der Waals surface area contributed by atoms with Crippen LogP contribution in [0.1, 0.15) is 16.3 Å². The predicted molar refractivity (Wildman–Crippen MR) is 79.8 cm³/mol. The topological polar surface area (TPSA) is 61.9 Å². The van der Waals surface area contributed by atoms with Gasteiger partial charge in [-0.3, -0.25) is 4.79 Å². The summed E-state index contributed by atoms with van der Waals surface area (Å²) in [5.41, 5.74) is 0.479. The Labute approximate surface area is 123 Å². The maximum absolute atomic E-state index is 12.3. The van der Waals surface area contributed by atoms with Crippen molar-refractivity contribution in [3.8, 4) is 9.88 Å². The molecule has 0 unspecified atom stereocenters. The Morgan fingerprint density at radius 1 is 1.45 bits per heavy atom. The Kier molecular flexibility index (Phi) is 3.62. The Bertz CT molecular complexity index is 688. The molecule has 0 saturated carbocycles. The van der Waals surface area contributed by atoms with Crippen LogP contribution in [-0.2, 0) is 6.54 Å². The van der Waals surface area contributed by atoms with Crippen LogP contribution in [-0.4, -0.2) is 32.8 Å². The molecule has 0 aliphatic carbocycles. The number of imidazole rings is 1. The zero-order chi connectivity index (χ0) is 13.9. The summed E-state index contributed by atoms with van der Waals surface area (Å²) in [5.74, 6) is 0.662. The molecule has 0 spiro atoms. The van der Waals surface area contributed by atoms with E-state index in [0.29, 0.717) is 12.2 Å². The molecule has 3 rings (SSSR count). The highest BCUT2D eigenvalue weighted by Crippen LogP contribution is 2.28. The monoisotopic (exact) mass is 304 g/mol. The minimum Gasteiger partial charge on any atom is -0.347 e. The van der Waals surface area contributed by atoms with Crippen LogP contribution >= 0.6 is 22.7 Å². The van der Waals surface area contributed by atoms with Crippen LogP contribution in [0.3, 0.4) is 0 Å². The number of hydrogen-bond donors (Lipinski definition) is 1. The number of rotatable bonds is 4. The number of thiazole rings is 1. The smallest absolute Gasteiger partial charge is 0.273 e. The summed E-state index contributed by atoms with van der Waals surface area (Å²) in [4.78, 5) is 26.5. The highest BCUT2D eigenvalue weighted by Gasteiger charge is 2.17. The third-order valence-corrected chi connectivity index (χ3v) is 4.63. The van der Waals surface area contributed by atoms with E-state index in [9.17, 15) is 4.79 Å². The normalized spacial score (nSPS) is 10.7. The summed E-state index contributed by atoms with van der Waals surface area (Å²) in [6.45, 7) is 0.442. The molecule has 1 amide bonds. The predicted octanol–water partition coefficient (Wildman–Crippen LogP) is 2.87. The molecule has 102 valence electrons. The van der Waals surface area contributed by atoms with Gasteiger partial charge in [0.25, 0.3) is 5.91 Å². The van der Waals surface area contributed by atoms with Crippen LogP contribution in [0.25, 0.3) is 9.88 Å². The second kappa shape index (κ2) is 5.56. The zero-order valence-electron chi connectivity index (χ0n) is 10.7. The molecular formula is C13H12N4OS2. The Hall–Kier alpha value is -1.99. The lowest BCUT2D eigenvalue weighted by Crippen LogP contribution is -2.26. The van der Waals surface area contributed by atoms with Gasteiger partial charge in [-0.05, 0) is 11.4 Å². The van der Waals surface area contributed by atoms with E-state index in [0.717, 1.165) is 15.7 Å². The number of carbonyl (C=O) groups is 1. The molecule has 3 aromatic heterocycles. The van der Waals surface area contributed by atoms with E-state index >= 15 is 0 Å². The van der Waals surface area contributed by atoms with E-state index in [4.69, 9.17) is 0 Å². The van der Waals surface area contributed by atoms with Crippen LogP contribution in [0.4, 0.5) is 0 Å². The SMILES string of the molecule is CN(Cc1ncc[nH]1)C(=O)c1csc(-c2cccs2)n1. The maximum Gasteiger partial charge on any atom is 0.273 e. The quantitative estimate of drug-likeness (QED) is 0.806. The van der Waals surface area contributed by atoms with Crippen molar-refractivity contribution in [3.05, 3.63) is 46.8 Å². The second-order valence-corrected chi connectivity index (χ2v) is 6.02. The molecule has 0 aromatic carbocycles. The molecule has 0 saturated heterocycles. The molecule has 3 heterocycles. The molecule has 0 bridgehead atoms. The van der Waals surface area contributed by atoms with E-state index in [-0.39, 0.29) is 5.91 Å². The third-order valence-electron chi connectivity index (χ3n) is 2.74. The van der Waals surface area contributed by atoms with Crippen LogP contribution in [0.2, 0.25) is 0 Å². The average Bonchev–Trinajstić information content (AvgIpc) is 3.18. The number of thiophene rings is 1. The van der Waals surface area contributed by atoms with Crippen LogP contribution < -0.4 is 0 Å². The molecule has 7 heteroatoms. The Balaban J connectivity index is 1.74. The fourth-order valence-corrected chi connectivity index (χ4v) is 3.37. The van der Waals surface area contributed by atoms with Gasteiger partial charge in [0, 0.05) is 24.8 Å². The van der Waals surface area contributed by atoms with Crippen LogP contribution in [0.15, 0.2) is 35.3 Å². The number of hydrogen-bond acceptors (Lipinski definition) is 5. The number of nitrogens with zero attached hydrogens (tertiary/aromatic N) is 3. The minimum absolute atomic E-state index is 0.0968. The van der Waals surface area contributed by atoms with Crippen molar-refractivity contribution in [2.24, 2.45) is 0 Å². The van der Waals surface area contributed by atoms with Crippen molar-refractivity contribution in [1.82, 2.24) is 19.9 Å². The molecule has 3 aromatic rings. The van der Waals surface area contributed by atoms with Gasteiger partial charge in [0.05, 0.1) is 11.4 Å². The number of carbonyl (C=O) groups excluding carboxylic acids is 1. The lowest BCUT2D eigenvalue weighted by molar-refractivity contribution is 0.0777. The number of H-pyrrole nitrogens is 1. The fraction of sp³-hybridized carbons (Fsp3) is 0.154. The van der Waals surface area contributed by atoms with Gasteiger partial charge in [-0.2, -0.15) is 0 Å². The van der Waals surface area contributed by atoms with Crippen molar-refractivity contribution >= 4 is 28.6 Å². The van der Waals surface area contributed by atoms with Crippen LogP contribution in [0, 0.1) is 0 Å². The van der Waals surface area contributed by atoms with Gasteiger partial charge in [-0.15, -0.1) is 22.7 Å². The van der Waals surface area contributed by atoms with Crippen LogP contribution in [0.5, 0.6) is 0 Å². The highest BCUT2D eigenvalue weighted by molar-refractivity contribution is 7.20. The molecule has 0 aliphatic heterocycles. The van der Waals surface area contributed by atoms with E-state index in [2.05, 4.69) is 15.0 Å². The number of nitrogens with one attached hydrogen (secondary N) is 1. The number of aromatic amines is 1. The van der Waals surface area contributed by atoms with Crippen molar-refractivity contribution in [1.29, 1.82) is 0 Å². The Morgan fingerprint density at radius 2 is 2.35 bits per heavy atom. The summed E-state index contributed by atoms with van der Waals surface area (Å²) in [6.07, 6.45) is 3.41. The summed E-state index contributed by atoms with van der Waals surface area (Å²) in [7, 11) is 1.75. The molecule has 0 fully saturated rings. The van der Waals surface area contributed by atoms with E-state index in [1.807, 2.05) is 17.5 Å². The molecule has 20 heavy (non-hydrogen) atoms. The molecule has 0 atom stereocenters. The third kappa shape index (κ3) is 2.63. The summed E-state index contributed by atoms with van der Waals surface area (Å²) in [6, 6.07) is 3.98. The van der Waals surface area contributed by atoms with Gasteiger partial charge in [0.15, 0.2) is 0 Å². The fourth-order valence-electron chi connectivity index (χ4n) is 1.76. The van der Waals surface area contributed by atoms with Gasteiger partial charge in [-0.1, -0.05) is 6.07 Å². The largest absolute Gasteiger partial charge is 0.347 e. The van der Waals surface area contributed by atoms with Gasteiger partial charge < -0.3 is 9.88 Å². The number of aromatic nitrogens is 3. The maximum atomic E-state index is 12.3. The molecular weight excluding hydrogens is 292 g/mol. The van der Waals surface area contributed by atoms with Gasteiger partial charge in [0.2, 0.25) is 0 Å². The first-order valence-electron chi connectivity index (χ1n) is 5.97. The highest BCUT2D eigenvalue weighted by atomic mass is 32.1. The summed E-state index contributed by atoms with van der Waals surface area (Å²) >= 11 is 3.11. The lowest BCUT2D eigenvalue weighted by Gasteiger charge is -2.13. The van der Waals surface area contributed by atoms with Gasteiger partial charge >= 0.3 is 0 Å². The van der Waals surface area contributed by atoms with E-state index in [1.54, 1.807) is 41.1 Å². The van der Waals surface area contributed by atoms with E-state index in [1.165, 1.54) is 11.3 Å². The molecule has 1 N–H and O–H groups in total. The lowest BCUT2D eigenvalue weighted by atomic mass is 10.4. The minimum atomic E-state index is -0.0968. The molecule has 5 nitrogen and oxygen atoms in total. The van der Waals surface area contributed by atoms with Crippen molar-refractivity contribution in [2.45, 2.75) is 6.54 Å². The first-order valence-corrected chi connectivity index (χ1v) is 7.73. The van der Waals surface area contributed by atoms with Crippen molar-refractivity contribution < 1.29 is 4.79 Å².